The minimum absolute atomic E-state index is 0.0743. The number of benzene rings is 1. The van der Waals surface area contributed by atoms with Gasteiger partial charge in [-0.15, -0.1) is 0 Å². The third kappa shape index (κ3) is 3.71. The molecule has 1 aromatic carbocycles. The Kier molecular flexibility index (Phi) is 4.57. The molecule has 2 amide bonds. The lowest BCUT2D eigenvalue weighted by Crippen LogP contribution is -2.46. The lowest BCUT2D eigenvalue weighted by Gasteiger charge is -2.18. The molecule has 2 atom stereocenters. The number of hydrogen-bond acceptors (Lipinski definition) is 3. The first-order valence-electron chi connectivity index (χ1n) is 6.59. The number of aliphatic carboxylic acids is 1. The zero-order chi connectivity index (χ0) is 14.5. The Morgan fingerprint density at radius 1 is 1.35 bits per heavy atom. The first-order valence-corrected chi connectivity index (χ1v) is 6.59. The maximum Gasteiger partial charge on any atom is 0.330 e. The average molecular weight is 277 g/mol. The number of likely N-dealkylation sites (tertiary alicyclic amines) is 1. The normalized spacial score (nSPS) is 20.4. The second kappa shape index (κ2) is 6.38. The Morgan fingerprint density at radius 2 is 2.05 bits per heavy atom. The van der Waals surface area contributed by atoms with Crippen molar-refractivity contribution in [2.24, 2.45) is 0 Å². The van der Waals surface area contributed by atoms with Crippen molar-refractivity contribution < 1.29 is 14.7 Å². The summed E-state index contributed by atoms with van der Waals surface area (Å²) in [5, 5.41) is 14.5. The van der Waals surface area contributed by atoms with Crippen molar-refractivity contribution in [2.45, 2.75) is 18.5 Å². The zero-order valence-corrected chi connectivity index (χ0v) is 11.4. The van der Waals surface area contributed by atoms with E-state index in [9.17, 15) is 14.7 Å². The molecule has 1 aromatic rings. The van der Waals surface area contributed by atoms with E-state index in [1.54, 1.807) is 30.3 Å². The Morgan fingerprint density at radius 3 is 2.60 bits per heavy atom. The first-order chi connectivity index (χ1) is 9.56. The van der Waals surface area contributed by atoms with E-state index < -0.39 is 18.0 Å². The molecule has 6 nitrogen and oxygen atoms in total. The number of rotatable bonds is 4. The third-order valence-corrected chi connectivity index (χ3v) is 3.38. The highest BCUT2D eigenvalue weighted by molar-refractivity contribution is 5.83. The number of carboxylic acid groups (broad SMARTS) is 1. The molecule has 1 saturated heterocycles. The van der Waals surface area contributed by atoms with Gasteiger partial charge in [0.1, 0.15) is 0 Å². The van der Waals surface area contributed by atoms with Crippen LogP contribution in [0.15, 0.2) is 30.3 Å². The summed E-state index contributed by atoms with van der Waals surface area (Å²) in [6.07, 6.45) is 0.882. The Labute approximate surface area is 117 Å². The van der Waals surface area contributed by atoms with Crippen LogP contribution in [0.1, 0.15) is 18.0 Å². The number of carbonyl (C=O) groups is 2. The fourth-order valence-electron chi connectivity index (χ4n) is 2.34. The summed E-state index contributed by atoms with van der Waals surface area (Å²) >= 11 is 0. The van der Waals surface area contributed by atoms with E-state index in [1.807, 2.05) is 7.05 Å². The van der Waals surface area contributed by atoms with Crippen LogP contribution in [-0.4, -0.2) is 48.2 Å². The Hall–Kier alpha value is -2.08. The van der Waals surface area contributed by atoms with Crippen LogP contribution in [0.2, 0.25) is 0 Å². The summed E-state index contributed by atoms with van der Waals surface area (Å²) in [6.45, 7) is 1.72. The predicted molar refractivity (Wildman–Crippen MR) is 74.4 cm³/mol. The van der Waals surface area contributed by atoms with Crippen LogP contribution in [0.3, 0.4) is 0 Å². The molecule has 0 saturated carbocycles. The highest BCUT2D eigenvalue weighted by Crippen LogP contribution is 2.13. The van der Waals surface area contributed by atoms with Gasteiger partial charge in [-0.3, -0.25) is 0 Å². The van der Waals surface area contributed by atoms with Crippen molar-refractivity contribution >= 4 is 12.0 Å². The minimum Gasteiger partial charge on any atom is -0.479 e. The van der Waals surface area contributed by atoms with Gasteiger partial charge < -0.3 is 20.6 Å². The van der Waals surface area contributed by atoms with Crippen LogP contribution in [0.4, 0.5) is 4.79 Å². The molecule has 6 heteroatoms. The Bertz CT molecular complexity index is 478. The molecular formula is C14H19N3O3. The fourth-order valence-corrected chi connectivity index (χ4v) is 2.34. The van der Waals surface area contributed by atoms with Gasteiger partial charge in [0, 0.05) is 12.6 Å². The lowest BCUT2D eigenvalue weighted by molar-refractivity contribution is -0.139. The number of carbonyl (C=O) groups excluding carboxylic acids is 1. The van der Waals surface area contributed by atoms with Crippen LogP contribution in [0.5, 0.6) is 0 Å². The number of amides is 2. The molecule has 0 bridgehead atoms. The molecule has 1 unspecified atom stereocenters. The number of nitrogens with zero attached hydrogens (tertiary/aromatic N) is 1. The van der Waals surface area contributed by atoms with Crippen molar-refractivity contribution in [1.82, 2.24) is 15.5 Å². The van der Waals surface area contributed by atoms with Gasteiger partial charge >= 0.3 is 12.0 Å². The molecule has 0 radical (unpaired) electrons. The summed E-state index contributed by atoms with van der Waals surface area (Å²) in [5.74, 6) is -1.07. The molecule has 0 spiro atoms. The molecule has 1 aliphatic rings. The SMILES string of the molecule is CN1CCC(NC(=O)N[C@@H](C(=O)O)c2ccccc2)C1. The fraction of sp³-hybridized carbons (Fsp3) is 0.429. The van der Waals surface area contributed by atoms with E-state index in [1.165, 1.54) is 0 Å². The van der Waals surface area contributed by atoms with E-state index in [-0.39, 0.29) is 6.04 Å². The second-order valence-electron chi connectivity index (χ2n) is 5.05. The van der Waals surface area contributed by atoms with Crippen molar-refractivity contribution in [3.63, 3.8) is 0 Å². The number of carboxylic acids is 1. The number of urea groups is 1. The van der Waals surface area contributed by atoms with E-state index in [2.05, 4.69) is 15.5 Å². The smallest absolute Gasteiger partial charge is 0.330 e. The zero-order valence-electron chi connectivity index (χ0n) is 11.4. The van der Waals surface area contributed by atoms with Gasteiger partial charge in [-0.05, 0) is 25.6 Å². The van der Waals surface area contributed by atoms with Gasteiger partial charge in [0.05, 0.1) is 0 Å². The lowest BCUT2D eigenvalue weighted by atomic mass is 10.1. The molecule has 2 rings (SSSR count). The van der Waals surface area contributed by atoms with Gasteiger partial charge in [-0.1, -0.05) is 30.3 Å². The van der Waals surface area contributed by atoms with Crippen molar-refractivity contribution in [3.8, 4) is 0 Å². The van der Waals surface area contributed by atoms with E-state index in [0.29, 0.717) is 5.56 Å². The van der Waals surface area contributed by atoms with Crippen LogP contribution in [0, 0.1) is 0 Å². The predicted octanol–water partition coefficient (Wildman–Crippen LogP) is 0.816. The van der Waals surface area contributed by atoms with Gasteiger partial charge in [-0.2, -0.15) is 0 Å². The maximum absolute atomic E-state index is 11.9. The summed E-state index contributed by atoms with van der Waals surface area (Å²) in [4.78, 5) is 25.3. The van der Waals surface area contributed by atoms with Crippen molar-refractivity contribution in [2.75, 3.05) is 20.1 Å². The van der Waals surface area contributed by atoms with Gasteiger partial charge in [-0.25, -0.2) is 9.59 Å². The highest BCUT2D eigenvalue weighted by atomic mass is 16.4. The molecule has 1 aliphatic heterocycles. The van der Waals surface area contributed by atoms with E-state index in [4.69, 9.17) is 0 Å². The van der Waals surface area contributed by atoms with E-state index in [0.717, 1.165) is 19.5 Å². The van der Waals surface area contributed by atoms with Gasteiger partial charge in [0.15, 0.2) is 6.04 Å². The number of nitrogens with one attached hydrogen (secondary N) is 2. The third-order valence-electron chi connectivity index (χ3n) is 3.38. The molecule has 3 N–H and O–H groups in total. The van der Waals surface area contributed by atoms with Crippen LogP contribution < -0.4 is 10.6 Å². The molecule has 108 valence electrons. The minimum atomic E-state index is -1.07. The van der Waals surface area contributed by atoms with Gasteiger partial charge in [0.2, 0.25) is 0 Å². The first kappa shape index (κ1) is 14.3. The summed E-state index contributed by atoms with van der Waals surface area (Å²) in [7, 11) is 1.99. The molecular weight excluding hydrogens is 258 g/mol. The maximum atomic E-state index is 11.9. The summed E-state index contributed by atoms with van der Waals surface area (Å²) < 4.78 is 0. The Balaban J connectivity index is 1.95. The molecule has 1 heterocycles. The largest absolute Gasteiger partial charge is 0.479 e. The topological polar surface area (TPSA) is 81.7 Å². The average Bonchev–Trinajstić information content (AvgIpc) is 2.82. The molecule has 1 fully saturated rings. The van der Waals surface area contributed by atoms with Crippen LogP contribution in [-0.2, 0) is 4.79 Å². The number of hydrogen-bond donors (Lipinski definition) is 3. The molecule has 20 heavy (non-hydrogen) atoms. The van der Waals surface area contributed by atoms with Crippen molar-refractivity contribution in [3.05, 3.63) is 35.9 Å². The molecule has 0 aliphatic carbocycles. The second-order valence-corrected chi connectivity index (χ2v) is 5.05. The number of likely N-dealkylation sites (N-methyl/N-ethyl adjacent to an activating group) is 1. The van der Waals surface area contributed by atoms with Gasteiger partial charge in [0.25, 0.3) is 0 Å². The van der Waals surface area contributed by atoms with Crippen LogP contribution in [0.25, 0.3) is 0 Å². The summed E-state index contributed by atoms with van der Waals surface area (Å²) in [5.41, 5.74) is 0.554. The standard InChI is InChI=1S/C14H19N3O3/c1-17-8-7-11(9-17)15-14(20)16-12(13(18)19)10-5-3-2-4-6-10/h2-6,11-12H,7-9H2,1H3,(H,18,19)(H2,15,16,20)/t11?,12-/m1/s1. The van der Waals surface area contributed by atoms with Crippen LogP contribution >= 0.6 is 0 Å². The molecule has 0 aromatic heterocycles. The van der Waals surface area contributed by atoms with E-state index >= 15 is 0 Å². The highest BCUT2D eigenvalue weighted by Gasteiger charge is 2.25. The summed E-state index contributed by atoms with van der Waals surface area (Å²) in [6, 6.07) is 7.26. The monoisotopic (exact) mass is 277 g/mol. The van der Waals surface area contributed by atoms with Crippen molar-refractivity contribution in [1.29, 1.82) is 0 Å². The quantitative estimate of drug-likeness (QED) is 0.761.